The summed E-state index contributed by atoms with van der Waals surface area (Å²) in [6.45, 7) is 3.95. The van der Waals surface area contributed by atoms with Crippen molar-refractivity contribution in [3.63, 3.8) is 0 Å². The van der Waals surface area contributed by atoms with Crippen molar-refractivity contribution < 1.29 is 0 Å². The Morgan fingerprint density at radius 3 is 2.71 bits per heavy atom. The van der Waals surface area contributed by atoms with E-state index in [9.17, 15) is 10.1 Å². The standard InChI is InChI=1S/C17H19N3O/c1-2-12-6-7-15-13(10-12)16(14(11-18)17(21)19-15)20-8-4-3-5-9-20/h6-7,10H,2-5,8-9H2,1H3,(H,19,21). The van der Waals surface area contributed by atoms with Crippen LogP contribution in [0.2, 0.25) is 0 Å². The molecule has 108 valence electrons. The minimum absolute atomic E-state index is 0.248. The number of nitrogens with zero attached hydrogens (tertiary/aromatic N) is 2. The first kappa shape index (κ1) is 13.7. The minimum atomic E-state index is -0.283. The van der Waals surface area contributed by atoms with E-state index < -0.39 is 0 Å². The molecule has 0 aliphatic carbocycles. The van der Waals surface area contributed by atoms with Crippen LogP contribution in [-0.4, -0.2) is 18.1 Å². The van der Waals surface area contributed by atoms with Gasteiger partial charge in [0, 0.05) is 18.5 Å². The maximum absolute atomic E-state index is 12.2. The van der Waals surface area contributed by atoms with Crippen LogP contribution in [0.25, 0.3) is 10.9 Å². The van der Waals surface area contributed by atoms with Crippen LogP contribution < -0.4 is 10.5 Å². The molecular formula is C17H19N3O. The van der Waals surface area contributed by atoms with Gasteiger partial charge in [-0.05, 0) is 43.4 Å². The molecule has 0 amide bonds. The molecule has 1 aliphatic heterocycles. The summed E-state index contributed by atoms with van der Waals surface area (Å²) in [6, 6.07) is 8.19. The molecule has 1 fully saturated rings. The highest BCUT2D eigenvalue weighted by Crippen LogP contribution is 2.30. The van der Waals surface area contributed by atoms with Crippen LogP contribution in [0, 0.1) is 11.3 Å². The number of fused-ring (bicyclic) bond motifs is 1. The molecule has 0 radical (unpaired) electrons. The van der Waals surface area contributed by atoms with Gasteiger partial charge in [-0.25, -0.2) is 0 Å². The number of piperidine rings is 1. The van der Waals surface area contributed by atoms with E-state index in [4.69, 9.17) is 0 Å². The first-order chi connectivity index (χ1) is 10.2. The second kappa shape index (κ2) is 5.61. The number of aryl methyl sites for hydroxylation is 1. The molecule has 0 bridgehead atoms. The van der Waals surface area contributed by atoms with Crippen molar-refractivity contribution in [3.05, 3.63) is 39.7 Å². The number of aromatic amines is 1. The number of hydrogen-bond donors (Lipinski definition) is 1. The first-order valence-electron chi connectivity index (χ1n) is 7.58. The second-order valence-electron chi connectivity index (χ2n) is 5.57. The zero-order valence-corrected chi connectivity index (χ0v) is 12.3. The fourth-order valence-corrected chi connectivity index (χ4v) is 3.09. The summed E-state index contributed by atoms with van der Waals surface area (Å²) in [6.07, 6.45) is 4.40. The van der Waals surface area contributed by atoms with Crippen LogP contribution in [0.5, 0.6) is 0 Å². The molecule has 0 unspecified atom stereocenters. The molecule has 1 N–H and O–H groups in total. The maximum Gasteiger partial charge on any atom is 0.268 e. The fourth-order valence-electron chi connectivity index (χ4n) is 3.09. The SMILES string of the molecule is CCc1ccc2[nH]c(=O)c(C#N)c(N3CCCCC3)c2c1. The molecule has 2 heterocycles. The molecule has 3 rings (SSSR count). The second-order valence-corrected chi connectivity index (χ2v) is 5.57. The summed E-state index contributed by atoms with van der Waals surface area (Å²) in [5.74, 6) is 0. The highest BCUT2D eigenvalue weighted by molar-refractivity contribution is 5.95. The van der Waals surface area contributed by atoms with Gasteiger partial charge in [0.05, 0.1) is 11.2 Å². The predicted octanol–water partition coefficient (Wildman–Crippen LogP) is 2.95. The molecule has 1 aliphatic rings. The monoisotopic (exact) mass is 281 g/mol. The van der Waals surface area contributed by atoms with Gasteiger partial charge < -0.3 is 9.88 Å². The van der Waals surface area contributed by atoms with Gasteiger partial charge in [-0.15, -0.1) is 0 Å². The van der Waals surface area contributed by atoms with Gasteiger partial charge in [-0.3, -0.25) is 4.79 Å². The van der Waals surface area contributed by atoms with E-state index in [1.54, 1.807) is 0 Å². The minimum Gasteiger partial charge on any atom is -0.370 e. The Labute approximate surface area is 124 Å². The number of aromatic nitrogens is 1. The third-order valence-electron chi connectivity index (χ3n) is 4.24. The maximum atomic E-state index is 12.2. The van der Waals surface area contributed by atoms with Crippen LogP contribution in [0.1, 0.15) is 37.3 Å². The van der Waals surface area contributed by atoms with Gasteiger partial charge in [-0.1, -0.05) is 13.0 Å². The molecule has 0 atom stereocenters. The normalized spacial score (nSPS) is 15.1. The Bertz CT molecular complexity index is 764. The Kier molecular flexibility index (Phi) is 3.66. The third-order valence-corrected chi connectivity index (χ3v) is 4.24. The number of nitrogens with one attached hydrogen (secondary N) is 1. The largest absolute Gasteiger partial charge is 0.370 e. The first-order valence-corrected chi connectivity index (χ1v) is 7.58. The Balaban J connectivity index is 2.30. The van der Waals surface area contributed by atoms with Gasteiger partial charge >= 0.3 is 0 Å². The van der Waals surface area contributed by atoms with Crippen LogP contribution >= 0.6 is 0 Å². The zero-order valence-electron chi connectivity index (χ0n) is 12.3. The van der Waals surface area contributed by atoms with Gasteiger partial charge in [0.2, 0.25) is 0 Å². The van der Waals surface area contributed by atoms with Crippen molar-refractivity contribution in [1.29, 1.82) is 5.26 Å². The van der Waals surface area contributed by atoms with Gasteiger partial charge in [0.1, 0.15) is 11.6 Å². The molecule has 0 saturated carbocycles. The molecule has 4 nitrogen and oxygen atoms in total. The third kappa shape index (κ3) is 2.40. The molecule has 1 saturated heterocycles. The lowest BCUT2D eigenvalue weighted by Gasteiger charge is -2.30. The topological polar surface area (TPSA) is 59.9 Å². The number of anilines is 1. The van der Waals surface area contributed by atoms with E-state index in [0.717, 1.165) is 48.9 Å². The highest BCUT2D eigenvalue weighted by atomic mass is 16.1. The van der Waals surface area contributed by atoms with Crippen molar-refractivity contribution in [2.24, 2.45) is 0 Å². The highest BCUT2D eigenvalue weighted by Gasteiger charge is 2.20. The fraction of sp³-hybridized carbons (Fsp3) is 0.412. The molecule has 1 aromatic heterocycles. The average molecular weight is 281 g/mol. The summed E-state index contributed by atoms with van der Waals surface area (Å²) in [5.41, 5.74) is 2.83. The van der Waals surface area contributed by atoms with E-state index >= 15 is 0 Å². The Hall–Kier alpha value is -2.28. The zero-order chi connectivity index (χ0) is 14.8. The number of nitriles is 1. The van der Waals surface area contributed by atoms with Gasteiger partial charge in [-0.2, -0.15) is 5.26 Å². The molecule has 21 heavy (non-hydrogen) atoms. The summed E-state index contributed by atoms with van der Waals surface area (Å²) < 4.78 is 0. The van der Waals surface area contributed by atoms with Gasteiger partial charge in [0.15, 0.2) is 0 Å². The number of H-pyrrole nitrogens is 1. The van der Waals surface area contributed by atoms with Crippen molar-refractivity contribution in [2.45, 2.75) is 32.6 Å². The molecule has 0 spiro atoms. The predicted molar refractivity (Wildman–Crippen MR) is 84.7 cm³/mol. The van der Waals surface area contributed by atoms with Gasteiger partial charge in [0.25, 0.3) is 5.56 Å². The quantitative estimate of drug-likeness (QED) is 0.920. The van der Waals surface area contributed by atoms with E-state index in [-0.39, 0.29) is 11.1 Å². The van der Waals surface area contributed by atoms with Crippen LogP contribution in [0.3, 0.4) is 0 Å². The lowest BCUT2D eigenvalue weighted by atomic mass is 10.0. The van der Waals surface area contributed by atoms with E-state index in [1.807, 2.05) is 12.1 Å². The van der Waals surface area contributed by atoms with Crippen LogP contribution in [0.15, 0.2) is 23.0 Å². The van der Waals surface area contributed by atoms with E-state index in [1.165, 1.54) is 12.0 Å². The van der Waals surface area contributed by atoms with Crippen molar-refractivity contribution in [3.8, 4) is 6.07 Å². The number of hydrogen-bond acceptors (Lipinski definition) is 3. The molecular weight excluding hydrogens is 262 g/mol. The molecule has 1 aromatic carbocycles. The van der Waals surface area contributed by atoms with E-state index in [0.29, 0.717) is 0 Å². The lowest BCUT2D eigenvalue weighted by molar-refractivity contribution is 0.578. The molecule has 4 heteroatoms. The number of benzene rings is 1. The van der Waals surface area contributed by atoms with Crippen molar-refractivity contribution in [1.82, 2.24) is 4.98 Å². The summed E-state index contributed by atoms with van der Waals surface area (Å²) in [4.78, 5) is 17.2. The summed E-state index contributed by atoms with van der Waals surface area (Å²) in [5, 5.41) is 10.4. The average Bonchev–Trinajstić information content (AvgIpc) is 2.54. The smallest absolute Gasteiger partial charge is 0.268 e. The lowest BCUT2D eigenvalue weighted by Crippen LogP contribution is -2.32. The summed E-state index contributed by atoms with van der Waals surface area (Å²) in [7, 11) is 0. The Morgan fingerprint density at radius 2 is 2.05 bits per heavy atom. The summed E-state index contributed by atoms with van der Waals surface area (Å²) >= 11 is 0. The number of rotatable bonds is 2. The van der Waals surface area contributed by atoms with Crippen molar-refractivity contribution >= 4 is 16.6 Å². The van der Waals surface area contributed by atoms with Crippen LogP contribution in [0.4, 0.5) is 5.69 Å². The van der Waals surface area contributed by atoms with E-state index in [2.05, 4.69) is 28.9 Å². The van der Waals surface area contributed by atoms with Crippen LogP contribution in [-0.2, 0) is 6.42 Å². The Morgan fingerprint density at radius 1 is 1.29 bits per heavy atom. The van der Waals surface area contributed by atoms with Crippen molar-refractivity contribution in [2.75, 3.05) is 18.0 Å². The number of pyridine rings is 1. The molecule has 2 aromatic rings.